The van der Waals surface area contributed by atoms with E-state index in [9.17, 15) is 10.1 Å². The average molecular weight is 287 g/mol. The number of alkyl halides is 4. The normalized spacial score (nSPS) is 17.5. The van der Waals surface area contributed by atoms with Crippen LogP contribution in [-0.4, -0.2) is 24.9 Å². The molecule has 0 bridgehead atoms. The molecule has 0 aliphatic rings. The summed E-state index contributed by atoms with van der Waals surface area (Å²) in [5, 5.41) is 19.0. The SMILES string of the molecule is O=[N+]([O-])C(Br)C(O)C(Cl)(Cl)Cl. The molecule has 0 radical (unpaired) electrons. The van der Waals surface area contributed by atoms with Crippen molar-refractivity contribution in [2.45, 2.75) is 14.8 Å². The standard InChI is InChI=1S/C3H3BrCl3NO3/c4-2(8(10)11)1(9)3(5,6)7/h1-2,9H. The maximum atomic E-state index is 10.0. The number of aliphatic hydroxyl groups excluding tert-OH is 1. The van der Waals surface area contributed by atoms with Gasteiger partial charge in [0.05, 0.1) is 0 Å². The zero-order valence-corrected chi connectivity index (χ0v) is 8.73. The van der Waals surface area contributed by atoms with E-state index >= 15 is 0 Å². The summed E-state index contributed by atoms with van der Waals surface area (Å²) in [7, 11) is 0. The number of nitrogens with zero attached hydrogens (tertiary/aromatic N) is 1. The van der Waals surface area contributed by atoms with Gasteiger partial charge in [-0.15, -0.1) is 0 Å². The third kappa shape index (κ3) is 3.75. The van der Waals surface area contributed by atoms with Crippen LogP contribution in [0.4, 0.5) is 0 Å². The highest BCUT2D eigenvalue weighted by Gasteiger charge is 2.42. The molecule has 0 aliphatic carbocycles. The van der Waals surface area contributed by atoms with Gasteiger partial charge in [-0.1, -0.05) is 34.8 Å². The Balaban J connectivity index is 4.25. The lowest BCUT2D eigenvalue weighted by molar-refractivity contribution is -0.503. The van der Waals surface area contributed by atoms with E-state index in [0.717, 1.165) is 0 Å². The van der Waals surface area contributed by atoms with Crippen molar-refractivity contribution in [1.82, 2.24) is 0 Å². The Morgan fingerprint density at radius 2 is 1.91 bits per heavy atom. The maximum absolute atomic E-state index is 10.0. The van der Waals surface area contributed by atoms with E-state index in [2.05, 4.69) is 15.9 Å². The minimum atomic E-state index is -2.05. The summed E-state index contributed by atoms with van der Waals surface area (Å²) in [6.45, 7) is 0. The molecular weight excluding hydrogens is 284 g/mol. The van der Waals surface area contributed by atoms with E-state index in [-0.39, 0.29) is 0 Å². The molecule has 11 heavy (non-hydrogen) atoms. The molecule has 0 rings (SSSR count). The third-order valence-corrected chi connectivity index (χ3v) is 2.30. The molecule has 0 aromatic carbocycles. The lowest BCUT2D eigenvalue weighted by Gasteiger charge is -2.17. The Morgan fingerprint density at radius 3 is 2.00 bits per heavy atom. The van der Waals surface area contributed by atoms with E-state index < -0.39 is 19.8 Å². The van der Waals surface area contributed by atoms with Gasteiger partial charge < -0.3 is 5.11 Å². The predicted molar refractivity (Wildman–Crippen MR) is 46.0 cm³/mol. The number of aliphatic hydroxyl groups is 1. The smallest absolute Gasteiger partial charge is 0.295 e. The second-order valence-electron chi connectivity index (χ2n) is 1.64. The average Bonchev–Trinajstić information content (AvgIpc) is 1.82. The van der Waals surface area contributed by atoms with Crippen molar-refractivity contribution in [1.29, 1.82) is 0 Å². The maximum Gasteiger partial charge on any atom is 0.295 e. The van der Waals surface area contributed by atoms with Crippen molar-refractivity contribution in [2.24, 2.45) is 0 Å². The zero-order chi connectivity index (χ0) is 9.23. The van der Waals surface area contributed by atoms with Crippen LogP contribution in [-0.2, 0) is 0 Å². The minimum absolute atomic E-state index is 0.799. The molecule has 1 N–H and O–H groups in total. The number of nitro groups is 1. The Bertz CT molecular complexity index is 160. The fourth-order valence-electron chi connectivity index (χ4n) is 0.271. The largest absolute Gasteiger partial charge is 0.381 e. The first-order valence-electron chi connectivity index (χ1n) is 2.29. The topological polar surface area (TPSA) is 63.4 Å². The van der Waals surface area contributed by atoms with E-state index in [1.54, 1.807) is 0 Å². The Morgan fingerprint density at radius 1 is 1.55 bits per heavy atom. The van der Waals surface area contributed by atoms with E-state index in [0.29, 0.717) is 0 Å². The van der Waals surface area contributed by atoms with Crippen molar-refractivity contribution >= 4 is 50.7 Å². The second-order valence-corrected chi connectivity index (χ2v) is 4.95. The summed E-state index contributed by atoms with van der Waals surface area (Å²) in [6.07, 6.45) is -1.68. The fraction of sp³-hybridized carbons (Fsp3) is 1.00. The zero-order valence-electron chi connectivity index (χ0n) is 4.88. The molecule has 0 fully saturated rings. The van der Waals surface area contributed by atoms with Gasteiger partial charge in [0, 0.05) is 4.92 Å². The first-order chi connectivity index (χ1) is 4.76. The Labute approximate surface area is 85.7 Å². The molecule has 0 aromatic rings. The molecule has 4 nitrogen and oxygen atoms in total. The Kier molecular flexibility index (Phi) is 4.36. The first-order valence-corrected chi connectivity index (χ1v) is 4.34. The number of hydrogen-bond donors (Lipinski definition) is 1. The molecule has 66 valence electrons. The second kappa shape index (κ2) is 4.09. The van der Waals surface area contributed by atoms with Crippen LogP contribution < -0.4 is 0 Å². The third-order valence-electron chi connectivity index (χ3n) is 0.797. The van der Waals surface area contributed by atoms with Gasteiger partial charge in [-0.2, -0.15) is 0 Å². The van der Waals surface area contributed by atoms with Crippen molar-refractivity contribution in [3.05, 3.63) is 10.1 Å². The molecule has 0 spiro atoms. The quantitative estimate of drug-likeness (QED) is 0.364. The summed E-state index contributed by atoms with van der Waals surface area (Å²) in [5.41, 5.74) is 0. The number of hydrogen-bond acceptors (Lipinski definition) is 3. The molecule has 8 heteroatoms. The van der Waals surface area contributed by atoms with Crippen molar-refractivity contribution in [2.75, 3.05) is 0 Å². The van der Waals surface area contributed by atoms with Gasteiger partial charge in [-0.3, -0.25) is 10.1 Å². The lowest BCUT2D eigenvalue weighted by atomic mass is 10.4. The van der Waals surface area contributed by atoms with Crippen LogP contribution in [0, 0.1) is 10.1 Å². The summed E-state index contributed by atoms with van der Waals surface area (Å²) >= 11 is 18.0. The molecule has 0 saturated heterocycles. The minimum Gasteiger partial charge on any atom is -0.381 e. The van der Waals surface area contributed by atoms with Crippen LogP contribution in [0.15, 0.2) is 0 Å². The van der Waals surface area contributed by atoms with Gasteiger partial charge >= 0.3 is 0 Å². The molecular formula is C3H3BrCl3NO3. The molecule has 2 unspecified atom stereocenters. The van der Waals surface area contributed by atoms with Crippen LogP contribution >= 0.6 is 50.7 Å². The highest BCUT2D eigenvalue weighted by atomic mass is 79.9. The van der Waals surface area contributed by atoms with Crippen LogP contribution in [0.25, 0.3) is 0 Å². The van der Waals surface area contributed by atoms with Gasteiger partial charge in [0.1, 0.15) is 0 Å². The summed E-state index contributed by atoms with van der Waals surface area (Å²) in [4.78, 5) is 7.73. The van der Waals surface area contributed by atoms with Crippen LogP contribution in [0.1, 0.15) is 0 Å². The van der Waals surface area contributed by atoms with Gasteiger partial charge in [0.15, 0.2) is 6.10 Å². The van der Waals surface area contributed by atoms with Crippen molar-refractivity contribution in [3.8, 4) is 0 Å². The number of halogens is 4. The van der Waals surface area contributed by atoms with Gasteiger partial charge in [0.2, 0.25) is 3.79 Å². The highest BCUT2D eigenvalue weighted by molar-refractivity contribution is 9.09. The first kappa shape index (κ1) is 11.7. The Hall–Kier alpha value is 0.710. The molecule has 2 atom stereocenters. The van der Waals surface area contributed by atoms with Gasteiger partial charge in [-0.25, -0.2) is 0 Å². The van der Waals surface area contributed by atoms with E-state index in [1.165, 1.54) is 0 Å². The van der Waals surface area contributed by atoms with Crippen molar-refractivity contribution in [3.63, 3.8) is 0 Å². The highest BCUT2D eigenvalue weighted by Crippen LogP contribution is 2.33. The van der Waals surface area contributed by atoms with Gasteiger partial charge in [0.25, 0.3) is 4.95 Å². The molecule has 0 heterocycles. The summed E-state index contributed by atoms with van der Waals surface area (Å²) in [6, 6.07) is 0. The monoisotopic (exact) mass is 285 g/mol. The molecule has 0 aliphatic heterocycles. The van der Waals surface area contributed by atoms with Crippen LogP contribution in [0.5, 0.6) is 0 Å². The number of rotatable bonds is 2. The van der Waals surface area contributed by atoms with E-state index in [4.69, 9.17) is 39.9 Å². The van der Waals surface area contributed by atoms with Crippen molar-refractivity contribution < 1.29 is 10.0 Å². The molecule has 0 amide bonds. The lowest BCUT2D eigenvalue weighted by Crippen LogP contribution is -2.38. The fourth-order valence-corrected chi connectivity index (χ4v) is 1.48. The van der Waals surface area contributed by atoms with E-state index in [1.807, 2.05) is 0 Å². The van der Waals surface area contributed by atoms with Crippen LogP contribution in [0.3, 0.4) is 0 Å². The summed E-state index contributed by atoms with van der Waals surface area (Å²) < 4.78 is -2.05. The van der Waals surface area contributed by atoms with Crippen LogP contribution in [0.2, 0.25) is 0 Å². The molecule has 0 aromatic heterocycles. The summed E-state index contributed by atoms with van der Waals surface area (Å²) in [5.74, 6) is 0. The van der Waals surface area contributed by atoms with Gasteiger partial charge in [-0.05, 0) is 15.9 Å². The predicted octanol–water partition coefficient (Wildman–Crippen LogP) is 1.72. The molecule has 0 saturated carbocycles.